The largest absolute Gasteiger partial charge is 0.365 e. The molecule has 94 valence electrons. The lowest BCUT2D eigenvalue weighted by molar-refractivity contribution is -0.384. The quantitative estimate of drug-likeness (QED) is 0.630. The molecule has 17 heavy (non-hydrogen) atoms. The molecule has 1 heterocycles. The summed E-state index contributed by atoms with van der Waals surface area (Å²) < 4.78 is 1.55. The number of nitro groups is 1. The van der Waals surface area contributed by atoms with Crippen LogP contribution in [0.25, 0.3) is 0 Å². The van der Waals surface area contributed by atoms with E-state index in [1.165, 1.54) is 19.3 Å². The van der Waals surface area contributed by atoms with E-state index in [-0.39, 0.29) is 10.6 Å². The summed E-state index contributed by atoms with van der Waals surface area (Å²) in [5, 5.41) is 18.2. The molecule has 1 saturated carbocycles. The van der Waals surface area contributed by atoms with Crippen LogP contribution in [0.15, 0.2) is 0 Å². The van der Waals surface area contributed by atoms with Crippen molar-refractivity contribution in [1.29, 1.82) is 0 Å². The van der Waals surface area contributed by atoms with Crippen molar-refractivity contribution in [3.05, 3.63) is 15.8 Å². The molecule has 1 aromatic rings. The molecule has 0 atom stereocenters. The Morgan fingerprint density at radius 1 is 1.59 bits per heavy atom. The van der Waals surface area contributed by atoms with Gasteiger partial charge in [0.1, 0.15) is 5.69 Å². The SMILES string of the molecule is Cc1nn(C)c(NCCC2CCC2)c1[N+](=O)[O-]. The molecule has 0 spiro atoms. The third-order valence-corrected chi connectivity index (χ3v) is 3.44. The van der Waals surface area contributed by atoms with E-state index in [1.54, 1.807) is 18.7 Å². The maximum atomic E-state index is 10.9. The van der Waals surface area contributed by atoms with E-state index in [2.05, 4.69) is 10.4 Å². The fourth-order valence-electron chi connectivity index (χ4n) is 2.24. The predicted molar refractivity (Wildman–Crippen MR) is 65.0 cm³/mol. The molecule has 2 rings (SSSR count). The second kappa shape index (κ2) is 4.73. The van der Waals surface area contributed by atoms with Gasteiger partial charge in [0.05, 0.1) is 4.92 Å². The topological polar surface area (TPSA) is 73.0 Å². The second-order valence-electron chi connectivity index (χ2n) is 4.68. The normalized spacial score (nSPS) is 15.6. The predicted octanol–water partition coefficient (Wildman–Crippen LogP) is 2.24. The van der Waals surface area contributed by atoms with E-state index in [0.29, 0.717) is 11.5 Å². The highest BCUT2D eigenvalue weighted by atomic mass is 16.6. The van der Waals surface area contributed by atoms with Gasteiger partial charge in [-0.2, -0.15) is 5.10 Å². The van der Waals surface area contributed by atoms with Crippen LogP contribution in [0.5, 0.6) is 0 Å². The molecule has 1 fully saturated rings. The van der Waals surface area contributed by atoms with E-state index < -0.39 is 0 Å². The summed E-state index contributed by atoms with van der Waals surface area (Å²) in [5.41, 5.74) is 0.560. The van der Waals surface area contributed by atoms with Crippen LogP contribution in [0, 0.1) is 23.0 Å². The number of anilines is 1. The van der Waals surface area contributed by atoms with Crippen LogP contribution in [0.2, 0.25) is 0 Å². The minimum Gasteiger partial charge on any atom is -0.365 e. The zero-order valence-electron chi connectivity index (χ0n) is 10.3. The van der Waals surface area contributed by atoms with Gasteiger partial charge in [-0.3, -0.25) is 10.1 Å². The molecule has 0 amide bonds. The zero-order valence-corrected chi connectivity index (χ0v) is 10.3. The number of aromatic nitrogens is 2. The van der Waals surface area contributed by atoms with Crippen molar-refractivity contribution >= 4 is 11.5 Å². The standard InChI is InChI=1S/C11H18N4O2/c1-8-10(15(16)17)11(14(2)13-8)12-7-6-9-4-3-5-9/h9,12H,3-7H2,1-2H3. The zero-order chi connectivity index (χ0) is 12.4. The Morgan fingerprint density at radius 3 is 2.82 bits per heavy atom. The molecule has 1 aliphatic rings. The molecular weight excluding hydrogens is 220 g/mol. The lowest BCUT2D eigenvalue weighted by atomic mass is 9.83. The number of hydrogen-bond acceptors (Lipinski definition) is 4. The van der Waals surface area contributed by atoms with Gasteiger partial charge in [0.15, 0.2) is 0 Å². The molecule has 1 N–H and O–H groups in total. The van der Waals surface area contributed by atoms with Gasteiger partial charge in [-0.15, -0.1) is 0 Å². The first kappa shape index (κ1) is 11.9. The van der Waals surface area contributed by atoms with Crippen molar-refractivity contribution in [1.82, 2.24) is 9.78 Å². The highest BCUT2D eigenvalue weighted by Crippen LogP contribution is 2.30. The number of nitrogens with one attached hydrogen (secondary N) is 1. The third-order valence-electron chi connectivity index (χ3n) is 3.44. The number of aryl methyl sites for hydroxylation is 2. The fraction of sp³-hybridized carbons (Fsp3) is 0.727. The Bertz CT molecular complexity index is 423. The van der Waals surface area contributed by atoms with Crippen molar-refractivity contribution < 1.29 is 4.92 Å². The Labute approximate surface area is 100 Å². The average Bonchev–Trinajstić information content (AvgIpc) is 2.45. The summed E-state index contributed by atoms with van der Waals surface area (Å²) in [6.45, 7) is 2.44. The summed E-state index contributed by atoms with van der Waals surface area (Å²) >= 11 is 0. The molecule has 0 bridgehead atoms. The summed E-state index contributed by atoms with van der Waals surface area (Å²) in [5.74, 6) is 1.32. The van der Waals surface area contributed by atoms with Gasteiger partial charge in [-0.25, -0.2) is 4.68 Å². The summed E-state index contributed by atoms with van der Waals surface area (Å²) in [4.78, 5) is 10.6. The van der Waals surface area contributed by atoms with Gasteiger partial charge in [-0.1, -0.05) is 19.3 Å². The molecule has 1 aromatic heterocycles. The van der Waals surface area contributed by atoms with E-state index in [9.17, 15) is 10.1 Å². The number of hydrogen-bond donors (Lipinski definition) is 1. The summed E-state index contributed by atoms with van der Waals surface area (Å²) in [6.07, 6.45) is 5.01. The van der Waals surface area contributed by atoms with Crippen LogP contribution in [0.1, 0.15) is 31.4 Å². The third kappa shape index (κ3) is 2.40. The van der Waals surface area contributed by atoms with E-state index >= 15 is 0 Å². The molecule has 1 aliphatic carbocycles. The van der Waals surface area contributed by atoms with Gasteiger partial charge in [0.2, 0.25) is 5.82 Å². The highest BCUT2D eigenvalue weighted by molar-refractivity contribution is 5.59. The van der Waals surface area contributed by atoms with Crippen LogP contribution in [0.4, 0.5) is 11.5 Å². The van der Waals surface area contributed by atoms with Gasteiger partial charge < -0.3 is 5.32 Å². The first-order valence-electron chi connectivity index (χ1n) is 6.01. The van der Waals surface area contributed by atoms with Gasteiger partial charge in [0, 0.05) is 13.6 Å². The van der Waals surface area contributed by atoms with Crippen molar-refractivity contribution in [3.8, 4) is 0 Å². The molecule has 6 nitrogen and oxygen atoms in total. The van der Waals surface area contributed by atoms with Crippen molar-refractivity contribution in [3.63, 3.8) is 0 Å². The lowest BCUT2D eigenvalue weighted by Gasteiger charge is -2.25. The van der Waals surface area contributed by atoms with Crippen LogP contribution in [-0.4, -0.2) is 21.2 Å². The van der Waals surface area contributed by atoms with Crippen molar-refractivity contribution in [2.75, 3.05) is 11.9 Å². The smallest absolute Gasteiger partial charge is 0.333 e. The van der Waals surface area contributed by atoms with Crippen LogP contribution in [-0.2, 0) is 7.05 Å². The monoisotopic (exact) mass is 238 g/mol. The van der Waals surface area contributed by atoms with E-state index in [1.807, 2.05) is 0 Å². The molecule has 0 saturated heterocycles. The number of nitrogens with zero attached hydrogens (tertiary/aromatic N) is 3. The van der Waals surface area contributed by atoms with E-state index in [4.69, 9.17) is 0 Å². The van der Waals surface area contributed by atoms with Crippen LogP contribution in [0.3, 0.4) is 0 Å². The lowest BCUT2D eigenvalue weighted by Crippen LogP contribution is -2.16. The minimum atomic E-state index is -0.367. The maximum absolute atomic E-state index is 10.9. The van der Waals surface area contributed by atoms with E-state index in [0.717, 1.165) is 18.9 Å². The molecular formula is C11H18N4O2. The van der Waals surface area contributed by atoms with Gasteiger partial charge in [-0.05, 0) is 19.3 Å². The first-order chi connectivity index (χ1) is 8.09. The molecule has 6 heteroatoms. The fourth-order valence-corrected chi connectivity index (χ4v) is 2.24. The van der Waals surface area contributed by atoms with Crippen LogP contribution < -0.4 is 5.32 Å². The highest BCUT2D eigenvalue weighted by Gasteiger charge is 2.24. The first-order valence-corrected chi connectivity index (χ1v) is 6.01. The second-order valence-corrected chi connectivity index (χ2v) is 4.68. The Balaban J connectivity index is 2.00. The van der Waals surface area contributed by atoms with Crippen molar-refractivity contribution in [2.24, 2.45) is 13.0 Å². The Kier molecular flexibility index (Phi) is 3.31. The van der Waals surface area contributed by atoms with Gasteiger partial charge >= 0.3 is 5.69 Å². The van der Waals surface area contributed by atoms with Crippen LogP contribution >= 0.6 is 0 Å². The molecule has 0 unspecified atom stereocenters. The molecule has 0 radical (unpaired) electrons. The summed E-state index contributed by atoms with van der Waals surface area (Å²) in [7, 11) is 1.73. The Morgan fingerprint density at radius 2 is 2.29 bits per heavy atom. The summed E-state index contributed by atoms with van der Waals surface area (Å²) in [6, 6.07) is 0. The minimum absolute atomic E-state index is 0.0982. The maximum Gasteiger partial charge on any atom is 0.333 e. The molecule has 0 aliphatic heterocycles. The van der Waals surface area contributed by atoms with Crippen molar-refractivity contribution in [2.45, 2.75) is 32.6 Å². The average molecular weight is 238 g/mol. The molecule has 0 aromatic carbocycles. The Hall–Kier alpha value is -1.59. The number of rotatable bonds is 5. The van der Waals surface area contributed by atoms with Gasteiger partial charge in [0.25, 0.3) is 0 Å².